The van der Waals surface area contributed by atoms with Gasteiger partial charge < -0.3 is 9.53 Å². The zero-order valence-electron chi connectivity index (χ0n) is 10.7. The van der Waals surface area contributed by atoms with Crippen LogP contribution in [0.1, 0.15) is 26.2 Å². The Hall–Kier alpha value is -1.37. The Morgan fingerprint density at radius 1 is 1.58 bits per heavy atom. The van der Waals surface area contributed by atoms with Crippen LogP contribution < -0.4 is 0 Å². The van der Waals surface area contributed by atoms with Crippen LogP contribution in [0.4, 0.5) is 0 Å². The van der Waals surface area contributed by atoms with Crippen molar-refractivity contribution in [2.24, 2.45) is 5.92 Å². The Balaban J connectivity index is 2.23. The number of thiol groups is 1. The van der Waals surface area contributed by atoms with Crippen molar-refractivity contribution in [2.75, 3.05) is 13.2 Å². The normalized spacial score (nSPS) is 20.5. The Bertz CT molecular complexity index is 384. The van der Waals surface area contributed by atoms with Gasteiger partial charge in [0.1, 0.15) is 12.9 Å². The van der Waals surface area contributed by atoms with Gasteiger partial charge in [-0.2, -0.15) is 12.6 Å². The number of rotatable bonds is 7. The molecule has 2 atom stereocenters. The second-order valence-electron chi connectivity index (χ2n) is 4.48. The summed E-state index contributed by atoms with van der Waals surface area (Å²) in [5.74, 6) is -1.26. The second-order valence-corrected chi connectivity index (χ2v) is 5.10. The minimum Gasteiger partial charge on any atom is -0.464 e. The zero-order valence-corrected chi connectivity index (χ0v) is 11.6. The van der Waals surface area contributed by atoms with Crippen LogP contribution in [0.2, 0.25) is 0 Å². The van der Waals surface area contributed by atoms with Gasteiger partial charge in [0.25, 0.3) is 0 Å². The molecule has 0 aliphatic carbocycles. The first kappa shape index (κ1) is 15.7. The van der Waals surface area contributed by atoms with Crippen molar-refractivity contribution in [3.05, 3.63) is 0 Å². The molecule has 1 aliphatic heterocycles. The van der Waals surface area contributed by atoms with Crippen LogP contribution in [-0.4, -0.2) is 47.4 Å². The highest BCUT2D eigenvalue weighted by Gasteiger charge is 2.35. The van der Waals surface area contributed by atoms with Gasteiger partial charge in [0.15, 0.2) is 0 Å². The third-order valence-corrected chi connectivity index (χ3v) is 3.24. The summed E-state index contributed by atoms with van der Waals surface area (Å²) < 4.78 is 4.90. The molecule has 0 aromatic heterocycles. The molecular weight excluding hydrogens is 270 g/mol. The third kappa shape index (κ3) is 4.66. The van der Waals surface area contributed by atoms with Gasteiger partial charge in [-0.05, 0) is 6.42 Å². The molecule has 19 heavy (non-hydrogen) atoms. The van der Waals surface area contributed by atoms with Crippen LogP contribution in [-0.2, 0) is 23.9 Å². The first-order chi connectivity index (χ1) is 8.95. The SMILES string of the molecule is CC(C=O)CCC(=O)OCCN1C(=O)CC(S)C1=O. The molecule has 2 unspecified atom stereocenters. The summed E-state index contributed by atoms with van der Waals surface area (Å²) in [6.45, 7) is 1.75. The minimum absolute atomic E-state index is 0.0215. The van der Waals surface area contributed by atoms with Gasteiger partial charge in [0, 0.05) is 18.8 Å². The Kier molecular flexibility index (Phi) is 6.01. The average Bonchev–Trinajstić information content (AvgIpc) is 2.62. The number of aldehydes is 1. The van der Waals surface area contributed by atoms with Crippen LogP contribution >= 0.6 is 12.6 Å². The van der Waals surface area contributed by atoms with Gasteiger partial charge >= 0.3 is 5.97 Å². The van der Waals surface area contributed by atoms with Crippen molar-refractivity contribution in [3.8, 4) is 0 Å². The fraction of sp³-hybridized carbons (Fsp3) is 0.667. The summed E-state index contributed by atoms with van der Waals surface area (Å²) in [6, 6.07) is 0. The Morgan fingerprint density at radius 3 is 2.79 bits per heavy atom. The number of likely N-dealkylation sites (tertiary alicyclic amines) is 1. The predicted octanol–water partition coefficient (Wildman–Crippen LogP) is 0.202. The molecule has 1 saturated heterocycles. The molecule has 0 saturated carbocycles. The molecule has 7 heteroatoms. The summed E-state index contributed by atoms with van der Waals surface area (Å²) in [5, 5.41) is -0.586. The highest BCUT2D eigenvalue weighted by Crippen LogP contribution is 2.17. The standard InChI is InChI=1S/C12H17NO5S/c1-8(7-14)2-3-11(16)18-5-4-13-10(15)6-9(19)12(13)17/h7-9,19H,2-6H2,1H3. The third-order valence-electron chi connectivity index (χ3n) is 2.83. The summed E-state index contributed by atoms with van der Waals surface area (Å²) in [6.07, 6.45) is 1.45. The maximum absolute atomic E-state index is 11.5. The van der Waals surface area contributed by atoms with Crippen LogP contribution in [0.15, 0.2) is 0 Å². The van der Waals surface area contributed by atoms with Gasteiger partial charge in [-0.25, -0.2) is 0 Å². The van der Waals surface area contributed by atoms with E-state index in [-0.39, 0.29) is 43.7 Å². The number of carbonyl (C=O) groups is 4. The van der Waals surface area contributed by atoms with Gasteiger partial charge in [0.05, 0.1) is 11.8 Å². The molecule has 0 spiro atoms. The van der Waals surface area contributed by atoms with Crippen LogP contribution in [0.3, 0.4) is 0 Å². The van der Waals surface area contributed by atoms with Crippen molar-refractivity contribution >= 4 is 36.7 Å². The number of hydrogen-bond acceptors (Lipinski definition) is 6. The van der Waals surface area contributed by atoms with Crippen LogP contribution in [0.5, 0.6) is 0 Å². The molecule has 0 radical (unpaired) electrons. The summed E-state index contributed by atoms with van der Waals surface area (Å²) in [5.41, 5.74) is 0. The number of hydrogen-bond donors (Lipinski definition) is 1. The molecule has 1 heterocycles. The Morgan fingerprint density at radius 2 is 2.26 bits per heavy atom. The van der Waals surface area contributed by atoms with E-state index in [9.17, 15) is 19.2 Å². The fourth-order valence-electron chi connectivity index (χ4n) is 1.64. The molecule has 0 aromatic carbocycles. The number of imide groups is 1. The first-order valence-electron chi connectivity index (χ1n) is 6.09. The summed E-state index contributed by atoms with van der Waals surface area (Å²) in [4.78, 5) is 45.6. The number of ether oxygens (including phenoxy) is 1. The highest BCUT2D eigenvalue weighted by molar-refractivity contribution is 7.81. The van der Waals surface area contributed by atoms with E-state index in [1.54, 1.807) is 6.92 Å². The van der Waals surface area contributed by atoms with E-state index < -0.39 is 11.2 Å². The van der Waals surface area contributed by atoms with E-state index >= 15 is 0 Å². The molecule has 0 bridgehead atoms. The quantitative estimate of drug-likeness (QED) is 0.313. The molecule has 1 rings (SSSR count). The van der Waals surface area contributed by atoms with Gasteiger partial charge in [-0.15, -0.1) is 0 Å². The van der Waals surface area contributed by atoms with Gasteiger partial charge in [0.2, 0.25) is 11.8 Å². The van der Waals surface area contributed by atoms with E-state index in [0.717, 1.165) is 11.2 Å². The maximum atomic E-state index is 11.5. The molecule has 2 amide bonds. The van der Waals surface area contributed by atoms with Crippen molar-refractivity contribution in [2.45, 2.75) is 31.4 Å². The fourth-order valence-corrected chi connectivity index (χ4v) is 1.93. The lowest BCUT2D eigenvalue weighted by molar-refractivity contribution is -0.148. The summed E-state index contributed by atoms with van der Waals surface area (Å²) in [7, 11) is 0. The van der Waals surface area contributed by atoms with Crippen molar-refractivity contribution in [1.29, 1.82) is 0 Å². The van der Waals surface area contributed by atoms with E-state index in [2.05, 4.69) is 12.6 Å². The summed E-state index contributed by atoms with van der Waals surface area (Å²) >= 11 is 3.98. The molecule has 6 nitrogen and oxygen atoms in total. The predicted molar refractivity (Wildman–Crippen MR) is 69.5 cm³/mol. The van der Waals surface area contributed by atoms with Gasteiger partial charge in [-0.1, -0.05) is 6.92 Å². The first-order valence-corrected chi connectivity index (χ1v) is 6.60. The minimum atomic E-state index is -0.586. The molecule has 0 N–H and O–H groups in total. The smallest absolute Gasteiger partial charge is 0.305 e. The molecule has 1 aliphatic rings. The average molecular weight is 287 g/mol. The van der Waals surface area contributed by atoms with Crippen molar-refractivity contribution in [3.63, 3.8) is 0 Å². The number of esters is 1. The van der Waals surface area contributed by atoms with E-state index in [1.165, 1.54) is 0 Å². The Labute approximate surface area is 116 Å². The maximum Gasteiger partial charge on any atom is 0.305 e. The molecule has 0 aromatic rings. The van der Waals surface area contributed by atoms with E-state index in [0.29, 0.717) is 6.42 Å². The monoisotopic (exact) mass is 287 g/mol. The molecular formula is C12H17NO5S. The van der Waals surface area contributed by atoms with Crippen molar-refractivity contribution in [1.82, 2.24) is 4.90 Å². The van der Waals surface area contributed by atoms with Crippen LogP contribution in [0, 0.1) is 5.92 Å². The molecule has 106 valence electrons. The highest BCUT2D eigenvalue weighted by atomic mass is 32.1. The van der Waals surface area contributed by atoms with E-state index in [1.807, 2.05) is 0 Å². The number of carbonyl (C=O) groups excluding carboxylic acids is 4. The lowest BCUT2D eigenvalue weighted by Gasteiger charge is -2.14. The van der Waals surface area contributed by atoms with Gasteiger partial charge in [-0.3, -0.25) is 19.3 Å². The second kappa shape index (κ2) is 7.28. The zero-order chi connectivity index (χ0) is 14.4. The van der Waals surface area contributed by atoms with Crippen LogP contribution in [0.25, 0.3) is 0 Å². The molecule has 1 fully saturated rings. The van der Waals surface area contributed by atoms with Crippen molar-refractivity contribution < 1.29 is 23.9 Å². The number of amides is 2. The topological polar surface area (TPSA) is 80.8 Å². The largest absolute Gasteiger partial charge is 0.464 e. The lowest BCUT2D eigenvalue weighted by atomic mass is 10.1. The van der Waals surface area contributed by atoms with E-state index in [4.69, 9.17) is 4.74 Å². The lowest BCUT2D eigenvalue weighted by Crippen LogP contribution is -2.34. The number of nitrogens with zero attached hydrogens (tertiary/aromatic N) is 1.